The van der Waals surface area contributed by atoms with E-state index in [0.717, 1.165) is 25.0 Å². The van der Waals surface area contributed by atoms with Crippen LogP contribution in [0, 0.1) is 11.6 Å². The van der Waals surface area contributed by atoms with Gasteiger partial charge in [-0.15, -0.1) is 0 Å². The van der Waals surface area contributed by atoms with Gasteiger partial charge in [-0.1, -0.05) is 0 Å². The van der Waals surface area contributed by atoms with Gasteiger partial charge in [0.25, 0.3) is 0 Å². The van der Waals surface area contributed by atoms with Crippen molar-refractivity contribution >= 4 is 0 Å². The number of allylic oxidation sites excluding steroid dienone is 2. The van der Waals surface area contributed by atoms with Crippen molar-refractivity contribution in [1.82, 2.24) is 14.7 Å². The van der Waals surface area contributed by atoms with E-state index in [2.05, 4.69) is 33.8 Å². The van der Waals surface area contributed by atoms with Crippen LogP contribution in [0.5, 0.6) is 0 Å². The second-order valence-corrected chi connectivity index (χ2v) is 6.80. The minimum absolute atomic E-state index is 0.0224. The van der Waals surface area contributed by atoms with Crippen LogP contribution in [-0.2, 0) is 11.3 Å². The summed E-state index contributed by atoms with van der Waals surface area (Å²) in [6, 6.07) is 3.71. The molecule has 0 saturated carbocycles. The maximum absolute atomic E-state index is 13.6. The molecule has 0 aliphatic carbocycles. The molecule has 25 heavy (non-hydrogen) atoms. The van der Waals surface area contributed by atoms with Gasteiger partial charge in [-0.05, 0) is 56.4 Å². The van der Waals surface area contributed by atoms with Crippen LogP contribution >= 0.6 is 0 Å². The zero-order chi connectivity index (χ0) is 18.0. The number of nitrogens with zero attached hydrogens (tertiary/aromatic N) is 3. The third kappa shape index (κ3) is 4.19. The number of rotatable bonds is 4. The first kappa shape index (κ1) is 17.9. The van der Waals surface area contributed by atoms with Gasteiger partial charge in [0, 0.05) is 25.7 Å². The number of hydrogen-bond donors (Lipinski definition) is 0. The van der Waals surface area contributed by atoms with E-state index in [0.29, 0.717) is 25.3 Å². The molecule has 3 rings (SSSR count). The highest BCUT2D eigenvalue weighted by Gasteiger charge is 2.29. The summed E-state index contributed by atoms with van der Waals surface area (Å²) in [5.41, 5.74) is 1.80. The SMILES string of the molecule is CC1=CC(N(C)C)N(Cc2cc(F)cc(F)c2)C(N2CCOCC2)=C1. The Bertz CT molecular complexity index is 661. The van der Waals surface area contributed by atoms with Crippen LogP contribution in [0.1, 0.15) is 12.5 Å². The fourth-order valence-corrected chi connectivity index (χ4v) is 3.36. The molecule has 1 saturated heterocycles. The van der Waals surface area contributed by atoms with E-state index in [1.54, 1.807) is 0 Å². The van der Waals surface area contributed by atoms with Gasteiger partial charge in [0.2, 0.25) is 0 Å². The Labute approximate surface area is 148 Å². The fourth-order valence-electron chi connectivity index (χ4n) is 3.36. The van der Waals surface area contributed by atoms with E-state index in [4.69, 9.17) is 4.74 Å². The van der Waals surface area contributed by atoms with E-state index in [1.165, 1.54) is 17.7 Å². The Hall–Kier alpha value is -1.92. The molecule has 0 spiro atoms. The first-order valence-corrected chi connectivity index (χ1v) is 8.55. The smallest absolute Gasteiger partial charge is 0.126 e. The molecular weight excluding hydrogens is 324 g/mol. The van der Waals surface area contributed by atoms with E-state index in [9.17, 15) is 8.78 Å². The van der Waals surface area contributed by atoms with Crippen LogP contribution in [-0.4, -0.2) is 61.3 Å². The van der Waals surface area contributed by atoms with Crippen LogP contribution in [0.3, 0.4) is 0 Å². The molecule has 1 unspecified atom stereocenters. The Morgan fingerprint density at radius 2 is 1.76 bits per heavy atom. The van der Waals surface area contributed by atoms with Gasteiger partial charge in [-0.2, -0.15) is 0 Å². The molecule has 0 radical (unpaired) electrons. The summed E-state index contributed by atoms with van der Waals surface area (Å²) in [7, 11) is 4.02. The molecule has 1 aromatic rings. The molecule has 0 bridgehead atoms. The van der Waals surface area contributed by atoms with Crippen molar-refractivity contribution in [1.29, 1.82) is 0 Å². The van der Waals surface area contributed by atoms with Gasteiger partial charge in [-0.25, -0.2) is 8.78 Å². The molecule has 6 heteroatoms. The lowest BCUT2D eigenvalue weighted by Gasteiger charge is -2.45. The van der Waals surface area contributed by atoms with Crippen molar-refractivity contribution in [3.8, 4) is 0 Å². The lowest BCUT2D eigenvalue weighted by molar-refractivity contribution is 0.0202. The van der Waals surface area contributed by atoms with Gasteiger partial charge in [0.15, 0.2) is 0 Å². The Balaban J connectivity index is 1.93. The second kappa shape index (κ2) is 7.54. The first-order valence-electron chi connectivity index (χ1n) is 8.55. The van der Waals surface area contributed by atoms with E-state index >= 15 is 0 Å². The van der Waals surface area contributed by atoms with Crippen molar-refractivity contribution in [2.24, 2.45) is 0 Å². The average Bonchev–Trinajstić information content (AvgIpc) is 2.55. The third-order valence-electron chi connectivity index (χ3n) is 4.52. The molecule has 1 atom stereocenters. The molecule has 0 amide bonds. The maximum atomic E-state index is 13.6. The summed E-state index contributed by atoms with van der Waals surface area (Å²) < 4.78 is 32.7. The zero-order valence-corrected chi connectivity index (χ0v) is 15.0. The van der Waals surface area contributed by atoms with Crippen molar-refractivity contribution in [2.45, 2.75) is 19.6 Å². The first-order chi connectivity index (χ1) is 11.9. The predicted molar refractivity (Wildman–Crippen MR) is 93.6 cm³/mol. The summed E-state index contributed by atoms with van der Waals surface area (Å²) in [5, 5.41) is 0. The average molecular weight is 349 g/mol. The molecule has 136 valence electrons. The van der Waals surface area contributed by atoms with Crippen LogP contribution in [0.15, 0.2) is 41.7 Å². The summed E-state index contributed by atoms with van der Waals surface area (Å²) in [6.45, 7) is 5.52. The quantitative estimate of drug-likeness (QED) is 0.832. The van der Waals surface area contributed by atoms with Crippen molar-refractivity contribution in [2.75, 3.05) is 40.4 Å². The molecule has 0 N–H and O–H groups in total. The number of ether oxygens (including phenoxy) is 1. The monoisotopic (exact) mass is 349 g/mol. The van der Waals surface area contributed by atoms with Crippen molar-refractivity contribution in [3.05, 3.63) is 58.9 Å². The standard InChI is InChI=1S/C19H25F2N3O/c1-14-8-18(22(2)3)24(13-15-10-16(20)12-17(21)11-15)19(9-14)23-4-6-25-7-5-23/h8-12,18H,4-7,13H2,1-3H3. The topological polar surface area (TPSA) is 19.0 Å². The van der Waals surface area contributed by atoms with Crippen LogP contribution in [0.4, 0.5) is 8.78 Å². The van der Waals surface area contributed by atoms with Crippen molar-refractivity contribution < 1.29 is 13.5 Å². The molecule has 0 aromatic heterocycles. The van der Waals surface area contributed by atoms with Gasteiger partial charge < -0.3 is 14.5 Å². The highest BCUT2D eigenvalue weighted by molar-refractivity contribution is 5.29. The molecule has 1 fully saturated rings. The van der Waals surface area contributed by atoms with E-state index in [1.807, 2.05) is 14.1 Å². The number of halogens is 2. The lowest BCUT2D eigenvalue weighted by atomic mass is 10.1. The van der Waals surface area contributed by atoms with Crippen LogP contribution in [0.25, 0.3) is 0 Å². The van der Waals surface area contributed by atoms with Crippen LogP contribution in [0.2, 0.25) is 0 Å². The van der Waals surface area contributed by atoms with Crippen molar-refractivity contribution in [3.63, 3.8) is 0 Å². The predicted octanol–water partition coefficient (Wildman–Crippen LogP) is 2.79. The van der Waals surface area contributed by atoms with E-state index < -0.39 is 11.6 Å². The maximum Gasteiger partial charge on any atom is 0.126 e. The molecule has 2 heterocycles. The van der Waals surface area contributed by atoms with Gasteiger partial charge in [-0.3, -0.25) is 4.90 Å². The third-order valence-corrected chi connectivity index (χ3v) is 4.52. The minimum atomic E-state index is -0.544. The normalized spacial score (nSPS) is 21.4. The molecular formula is C19H25F2N3O. The Morgan fingerprint density at radius 3 is 2.36 bits per heavy atom. The van der Waals surface area contributed by atoms with Gasteiger partial charge >= 0.3 is 0 Å². The largest absolute Gasteiger partial charge is 0.378 e. The number of hydrogen-bond acceptors (Lipinski definition) is 4. The van der Waals surface area contributed by atoms with Gasteiger partial charge in [0.1, 0.15) is 23.6 Å². The lowest BCUT2D eigenvalue weighted by Crippen LogP contribution is -2.50. The summed E-state index contributed by atoms with van der Waals surface area (Å²) in [4.78, 5) is 6.57. The van der Waals surface area contributed by atoms with E-state index in [-0.39, 0.29) is 6.17 Å². The molecule has 1 aromatic carbocycles. The summed E-state index contributed by atoms with van der Waals surface area (Å²) in [6.07, 6.45) is 4.33. The highest BCUT2D eigenvalue weighted by Crippen LogP contribution is 2.27. The summed E-state index contributed by atoms with van der Waals surface area (Å²) in [5.74, 6) is -0.0132. The fraction of sp³-hybridized carbons (Fsp3) is 0.474. The van der Waals surface area contributed by atoms with Gasteiger partial charge in [0.05, 0.1) is 13.2 Å². The Kier molecular flexibility index (Phi) is 5.39. The second-order valence-electron chi connectivity index (χ2n) is 6.80. The highest BCUT2D eigenvalue weighted by atomic mass is 19.1. The van der Waals surface area contributed by atoms with Crippen LogP contribution < -0.4 is 0 Å². The minimum Gasteiger partial charge on any atom is -0.378 e. The zero-order valence-electron chi connectivity index (χ0n) is 15.0. The number of likely N-dealkylation sites (N-methyl/N-ethyl adjacent to an activating group) is 1. The summed E-state index contributed by atoms with van der Waals surface area (Å²) >= 11 is 0. The Morgan fingerprint density at radius 1 is 1.12 bits per heavy atom. The molecule has 2 aliphatic rings. The number of morpholine rings is 1. The number of benzene rings is 1. The molecule has 4 nitrogen and oxygen atoms in total. The molecule has 2 aliphatic heterocycles.